The number of hydrogen-bond donors (Lipinski definition) is 2. The molecule has 3 N–H and O–H groups in total. The first-order valence-corrected chi connectivity index (χ1v) is 4.81. The van der Waals surface area contributed by atoms with Gasteiger partial charge >= 0.3 is 5.97 Å². The molecule has 82 valence electrons. The Morgan fingerprint density at radius 2 is 2.27 bits per heavy atom. The van der Waals surface area contributed by atoms with Crippen LogP contribution >= 0.6 is 0 Å². The fourth-order valence-corrected chi connectivity index (χ4v) is 1.25. The summed E-state index contributed by atoms with van der Waals surface area (Å²) in [6.07, 6.45) is 0.352. The van der Waals surface area contributed by atoms with Gasteiger partial charge in [-0.05, 0) is 24.6 Å². The van der Waals surface area contributed by atoms with Crippen LogP contribution < -0.4 is 11.1 Å². The van der Waals surface area contributed by atoms with E-state index in [1.165, 1.54) is 7.11 Å². The SMILES string of the molecule is COC(=O)CCNc1cccc(N)c1C. The molecule has 0 spiro atoms. The molecule has 0 aliphatic carbocycles. The van der Waals surface area contributed by atoms with Crippen molar-refractivity contribution in [2.75, 3.05) is 24.7 Å². The number of rotatable bonds is 4. The third-order valence-corrected chi connectivity index (χ3v) is 2.25. The van der Waals surface area contributed by atoms with Crippen LogP contribution in [-0.2, 0) is 9.53 Å². The molecule has 0 aliphatic heterocycles. The van der Waals surface area contributed by atoms with E-state index in [1.54, 1.807) is 0 Å². The molecule has 0 atom stereocenters. The maximum atomic E-state index is 10.9. The number of methoxy groups -OCH3 is 1. The van der Waals surface area contributed by atoms with Gasteiger partial charge in [0.2, 0.25) is 0 Å². The Kier molecular flexibility index (Phi) is 3.97. The second kappa shape index (κ2) is 5.24. The zero-order valence-corrected chi connectivity index (χ0v) is 9.04. The van der Waals surface area contributed by atoms with Crippen LogP contribution in [0.4, 0.5) is 11.4 Å². The number of carbonyl (C=O) groups is 1. The van der Waals surface area contributed by atoms with Gasteiger partial charge in [-0.25, -0.2) is 0 Å². The van der Waals surface area contributed by atoms with Crippen LogP contribution in [0.1, 0.15) is 12.0 Å². The monoisotopic (exact) mass is 208 g/mol. The summed E-state index contributed by atoms with van der Waals surface area (Å²) in [6.45, 7) is 2.49. The average molecular weight is 208 g/mol. The lowest BCUT2D eigenvalue weighted by Gasteiger charge is -2.10. The number of nitrogens with one attached hydrogen (secondary N) is 1. The molecule has 0 saturated heterocycles. The number of hydrogen-bond acceptors (Lipinski definition) is 4. The third kappa shape index (κ3) is 3.16. The first kappa shape index (κ1) is 11.4. The number of nitrogens with two attached hydrogens (primary N) is 1. The lowest BCUT2D eigenvalue weighted by atomic mass is 10.1. The smallest absolute Gasteiger partial charge is 0.307 e. The number of esters is 1. The number of benzene rings is 1. The van der Waals surface area contributed by atoms with E-state index >= 15 is 0 Å². The molecule has 15 heavy (non-hydrogen) atoms. The highest BCUT2D eigenvalue weighted by Crippen LogP contribution is 2.20. The molecule has 0 fully saturated rings. The van der Waals surface area contributed by atoms with Gasteiger partial charge in [-0.2, -0.15) is 0 Å². The number of ether oxygens (including phenoxy) is 1. The molecule has 0 saturated carbocycles. The summed E-state index contributed by atoms with van der Waals surface area (Å²) in [5.74, 6) is -0.218. The highest BCUT2D eigenvalue weighted by atomic mass is 16.5. The summed E-state index contributed by atoms with van der Waals surface area (Å²) in [4.78, 5) is 10.9. The molecule has 1 aromatic rings. The Morgan fingerprint density at radius 3 is 2.93 bits per heavy atom. The van der Waals surface area contributed by atoms with Crippen molar-refractivity contribution in [3.05, 3.63) is 23.8 Å². The molecule has 0 aliphatic rings. The minimum atomic E-state index is -0.218. The van der Waals surface area contributed by atoms with Crippen LogP contribution in [0.2, 0.25) is 0 Å². The zero-order valence-electron chi connectivity index (χ0n) is 9.04. The van der Waals surface area contributed by atoms with Crippen LogP contribution in [-0.4, -0.2) is 19.6 Å². The molecule has 0 bridgehead atoms. The Balaban J connectivity index is 2.51. The topological polar surface area (TPSA) is 64.3 Å². The van der Waals surface area contributed by atoms with Crippen molar-refractivity contribution in [3.63, 3.8) is 0 Å². The van der Waals surface area contributed by atoms with Crippen LogP contribution in [0.5, 0.6) is 0 Å². The summed E-state index contributed by atoms with van der Waals surface area (Å²) >= 11 is 0. The maximum absolute atomic E-state index is 10.9. The zero-order chi connectivity index (χ0) is 11.3. The van der Waals surface area contributed by atoms with Crippen molar-refractivity contribution in [1.29, 1.82) is 0 Å². The van der Waals surface area contributed by atoms with Crippen molar-refractivity contribution in [1.82, 2.24) is 0 Å². The molecule has 0 amide bonds. The standard InChI is InChI=1S/C11H16N2O2/c1-8-9(12)4-3-5-10(8)13-7-6-11(14)15-2/h3-5,13H,6-7,12H2,1-2H3. The first-order chi connectivity index (χ1) is 7.15. The van der Waals surface area contributed by atoms with E-state index in [2.05, 4.69) is 10.1 Å². The Bertz CT molecular complexity index is 350. The molecule has 0 radical (unpaired) electrons. The van der Waals surface area contributed by atoms with Crippen LogP contribution in [0, 0.1) is 6.92 Å². The van der Waals surface area contributed by atoms with Gasteiger partial charge in [0.25, 0.3) is 0 Å². The van der Waals surface area contributed by atoms with Gasteiger partial charge in [0.1, 0.15) is 0 Å². The van der Waals surface area contributed by atoms with Crippen molar-refractivity contribution in [2.24, 2.45) is 0 Å². The van der Waals surface area contributed by atoms with Gasteiger partial charge in [0, 0.05) is 17.9 Å². The normalized spacial score (nSPS) is 9.73. The van der Waals surface area contributed by atoms with E-state index in [9.17, 15) is 4.79 Å². The summed E-state index contributed by atoms with van der Waals surface area (Å²) < 4.78 is 4.54. The fourth-order valence-electron chi connectivity index (χ4n) is 1.25. The highest BCUT2D eigenvalue weighted by molar-refractivity contribution is 5.70. The molecule has 0 aromatic heterocycles. The Labute approximate surface area is 89.4 Å². The van der Waals surface area contributed by atoms with Crippen LogP contribution in [0.25, 0.3) is 0 Å². The van der Waals surface area contributed by atoms with E-state index in [-0.39, 0.29) is 5.97 Å². The van der Waals surface area contributed by atoms with E-state index in [0.717, 1.165) is 16.9 Å². The maximum Gasteiger partial charge on any atom is 0.307 e. The van der Waals surface area contributed by atoms with Gasteiger partial charge in [-0.15, -0.1) is 0 Å². The second-order valence-electron chi connectivity index (χ2n) is 3.27. The number of anilines is 2. The lowest BCUT2D eigenvalue weighted by molar-refractivity contribution is -0.140. The Morgan fingerprint density at radius 1 is 1.53 bits per heavy atom. The van der Waals surface area contributed by atoms with Gasteiger partial charge < -0.3 is 15.8 Å². The summed E-state index contributed by atoms with van der Waals surface area (Å²) in [7, 11) is 1.38. The van der Waals surface area contributed by atoms with Crippen molar-refractivity contribution in [3.8, 4) is 0 Å². The summed E-state index contributed by atoms with van der Waals surface area (Å²) in [5.41, 5.74) is 8.45. The minimum absolute atomic E-state index is 0.218. The molecular formula is C11H16N2O2. The predicted molar refractivity (Wildman–Crippen MR) is 60.7 cm³/mol. The molecular weight excluding hydrogens is 192 g/mol. The number of carbonyl (C=O) groups excluding carboxylic acids is 1. The molecule has 1 aromatic carbocycles. The van der Waals surface area contributed by atoms with Crippen molar-refractivity contribution >= 4 is 17.3 Å². The van der Waals surface area contributed by atoms with Crippen molar-refractivity contribution < 1.29 is 9.53 Å². The molecule has 1 rings (SSSR count). The fraction of sp³-hybridized carbons (Fsp3) is 0.364. The van der Waals surface area contributed by atoms with Crippen molar-refractivity contribution in [2.45, 2.75) is 13.3 Å². The Hall–Kier alpha value is -1.71. The second-order valence-corrected chi connectivity index (χ2v) is 3.27. The third-order valence-electron chi connectivity index (χ3n) is 2.25. The lowest BCUT2D eigenvalue weighted by Crippen LogP contribution is -2.10. The molecule has 0 heterocycles. The van der Waals surface area contributed by atoms with E-state index in [4.69, 9.17) is 5.73 Å². The molecule has 4 heteroatoms. The van der Waals surface area contributed by atoms with E-state index in [0.29, 0.717) is 13.0 Å². The predicted octanol–water partition coefficient (Wildman–Crippen LogP) is 1.55. The minimum Gasteiger partial charge on any atom is -0.469 e. The van der Waals surface area contributed by atoms with Crippen LogP contribution in [0.15, 0.2) is 18.2 Å². The summed E-state index contributed by atoms with van der Waals surface area (Å²) in [6, 6.07) is 5.66. The molecule has 0 unspecified atom stereocenters. The van der Waals surface area contributed by atoms with Gasteiger partial charge in [0.15, 0.2) is 0 Å². The average Bonchev–Trinajstić information content (AvgIpc) is 2.24. The van der Waals surface area contributed by atoms with Gasteiger partial charge in [0.05, 0.1) is 13.5 Å². The van der Waals surface area contributed by atoms with Crippen LogP contribution in [0.3, 0.4) is 0 Å². The van der Waals surface area contributed by atoms with E-state index < -0.39 is 0 Å². The first-order valence-electron chi connectivity index (χ1n) is 4.81. The summed E-state index contributed by atoms with van der Waals surface area (Å²) in [5, 5.41) is 3.14. The van der Waals surface area contributed by atoms with E-state index in [1.807, 2.05) is 25.1 Å². The highest BCUT2D eigenvalue weighted by Gasteiger charge is 2.02. The largest absolute Gasteiger partial charge is 0.469 e. The quantitative estimate of drug-likeness (QED) is 0.582. The van der Waals surface area contributed by atoms with Gasteiger partial charge in [-0.3, -0.25) is 4.79 Å². The van der Waals surface area contributed by atoms with Gasteiger partial charge in [-0.1, -0.05) is 6.07 Å². The molecule has 4 nitrogen and oxygen atoms in total. The number of nitrogen functional groups attached to an aromatic ring is 1.